The van der Waals surface area contributed by atoms with E-state index in [1.54, 1.807) is 35.7 Å². The minimum absolute atomic E-state index is 0.00633. The third-order valence-electron chi connectivity index (χ3n) is 13.2. The van der Waals surface area contributed by atoms with Gasteiger partial charge in [0, 0.05) is 49.5 Å². The highest BCUT2D eigenvalue weighted by molar-refractivity contribution is 7.99. The molecule has 0 unspecified atom stereocenters. The molecule has 9 N–H and O–H groups in total. The molecule has 2 saturated heterocycles. The molecule has 17 nitrogen and oxygen atoms in total. The fourth-order valence-electron chi connectivity index (χ4n) is 8.82. The zero-order chi connectivity index (χ0) is 52.2. The largest absolute Gasteiger partial charge is 0.391 e. The third kappa shape index (κ3) is 15.8. The smallest absolute Gasteiger partial charge is 0.246 e. The van der Waals surface area contributed by atoms with Gasteiger partial charge >= 0.3 is 0 Å². The highest BCUT2D eigenvalue weighted by atomic mass is 35.5. The van der Waals surface area contributed by atoms with E-state index < -0.39 is 29.5 Å². The molecule has 0 aliphatic carbocycles. The molecule has 4 atom stereocenters. The predicted octanol–water partition coefficient (Wildman–Crippen LogP) is 7.55. The number of aliphatic hydroxyl groups excluding tert-OH is 1. The molecule has 0 radical (unpaired) electrons. The molecule has 6 rings (SSSR count). The first-order valence-corrected chi connectivity index (χ1v) is 27.0. The summed E-state index contributed by atoms with van der Waals surface area (Å²) in [7, 11) is 0. The van der Waals surface area contributed by atoms with E-state index in [0.29, 0.717) is 39.4 Å². The van der Waals surface area contributed by atoms with Crippen LogP contribution < -0.4 is 37.6 Å². The number of β-amino-alcohol motifs (C(OH)–C–C–N with tert-alkyl or cyclic N) is 1. The number of piperidine rings is 1. The van der Waals surface area contributed by atoms with Crippen LogP contribution >= 0.6 is 34.7 Å². The second-order valence-corrected chi connectivity index (χ2v) is 22.7. The summed E-state index contributed by atoms with van der Waals surface area (Å²) in [6, 6.07) is 11.1. The quantitative estimate of drug-likeness (QED) is 0.0297. The molecule has 2 aliphatic heterocycles. The summed E-state index contributed by atoms with van der Waals surface area (Å²) in [6.07, 6.45) is 8.56. The Kier molecular flexibility index (Phi) is 19.9. The van der Waals surface area contributed by atoms with E-state index in [2.05, 4.69) is 48.0 Å². The number of nitrogens with one attached hydrogen (secondary N) is 4. The maximum atomic E-state index is 14.1. The van der Waals surface area contributed by atoms with Crippen molar-refractivity contribution in [3.05, 3.63) is 70.5 Å². The number of aromatic nitrogens is 3. The van der Waals surface area contributed by atoms with E-state index in [-0.39, 0.29) is 66.8 Å². The van der Waals surface area contributed by atoms with E-state index >= 15 is 0 Å². The third-order valence-corrected chi connectivity index (χ3v) is 15.8. The van der Waals surface area contributed by atoms with Gasteiger partial charge in [-0.25, -0.2) is 15.0 Å². The highest BCUT2D eigenvalue weighted by Crippen LogP contribution is 2.39. The standard InChI is InChI=1S/C52H72ClN11O6S2/c1-32(34-18-20-35(21-19-34)45-33(2)58-31-71-45)59-48(69)38-27-36(65)30-64(38)50(70)46(51(3,4)5)62-41(66)17-12-10-8-7-9-11-13-24-56-42(67)28-43(68)60-37-15-14-16-39(44(37)53)72-49-47(54)61-40(29-57-49)63-25-22-52(6,55)23-26-63/h14-16,18-21,29,31-32,36,38,46,65H,7-13,17,22-28,30,55H2,1-6H3,(H2,54,61)(H,56,67)(H,59,69)(H,60,68)(H,62,66)/t32-,36+,38-,46+/m1/s1. The molecule has 0 bridgehead atoms. The Morgan fingerprint density at radius 1 is 0.944 bits per heavy atom. The maximum absolute atomic E-state index is 14.1. The Labute approximate surface area is 436 Å². The number of thiazole rings is 1. The van der Waals surface area contributed by atoms with Crippen LogP contribution in [0.2, 0.25) is 5.02 Å². The SMILES string of the molecule is Cc1ncsc1-c1ccc([C@@H](C)NC(=O)[C@H]2C[C@H](O)CN2C(=O)[C@H](NC(=O)CCCCCCCCCNC(=O)CC(=O)Nc2cccc(Sc3ncc(N4CCC(C)(N)CC4)nc3N)c2Cl)C(C)(C)C)cc1. The molecular weight excluding hydrogens is 974 g/mol. The Morgan fingerprint density at radius 3 is 2.28 bits per heavy atom. The van der Waals surface area contributed by atoms with Gasteiger partial charge in [0.1, 0.15) is 29.3 Å². The van der Waals surface area contributed by atoms with Gasteiger partial charge in [0.15, 0.2) is 5.82 Å². The number of likely N-dealkylation sites (tertiary alicyclic amines) is 1. The minimum Gasteiger partial charge on any atom is -0.391 e. The van der Waals surface area contributed by atoms with Crippen molar-refractivity contribution in [3.63, 3.8) is 0 Å². The van der Waals surface area contributed by atoms with Crippen molar-refractivity contribution >= 4 is 81.6 Å². The van der Waals surface area contributed by atoms with Crippen molar-refractivity contribution < 1.29 is 29.1 Å². The number of aryl methyl sites for hydroxylation is 1. The van der Waals surface area contributed by atoms with E-state index in [1.807, 2.05) is 64.4 Å². The highest BCUT2D eigenvalue weighted by Gasteiger charge is 2.44. The number of hydrogen-bond donors (Lipinski definition) is 7. The van der Waals surface area contributed by atoms with Crippen molar-refractivity contribution in [1.82, 2.24) is 35.8 Å². The van der Waals surface area contributed by atoms with E-state index in [1.165, 1.54) is 16.7 Å². The molecule has 0 spiro atoms. The zero-order valence-electron chi connectivity index (χ0n) is 42.4. The fourth-order valence-corrected chi connectivity index (χ4v) is 10.7. The first-order valence-electron chi connectivity index (χ1n) is 25.0. The lowest BCUT2D eigenvalue weighted by Gasteiger charge is -2.37. The van der Waals surface area contributed by atoms with Crippen molar-refractivity contribution in [2.24, 2.45) is 11.1 Å². The second kappa shape index (κ2) is 25.5. The average molecular weight is 1050 g/mol. The number of halogens is 1. The summed E-state index contributed by atoms with van der Waals surface area (Å²) in [6.45, 7) is 13.5. The molecule has 5 amide bonds. The first-order chi connectivity index (χ1) is 34.2. The van der Waals surface area contributed by atoms with Crippen LogP contribution in [0.3, 0.4) is 0 Å². The Hall–Kier alpha value is -5.34. The van der Waals surface area contributed by atoms with E-state index in [0.717, 1.165) is 86.2 Å². The number of amides is 5. The van der Waals surface area contributed by atoms with Crippen molar-refractivity contribution in [3.8, 4) is 10.4 Å². The number of nitrogens with zero attached hydrogens (tertiary/aromatic N) is 5. The number of rotatable bonds is 22. The molecule has 2 fully saturated rings. The first kappa shape index (κ1) is 56.0. The number of anilines is 3. The van der Waals surface area contributed by atoms with E-state index in [4.69, 9.17) is 23.1 Å². The van der Waals surface area contributed by atoms with Crippen LogP contribution in [0.5, 0.6) is 0 Å². The van der Waals surface area contributed by atoms with Gasteiger partial charge in [-0.2, -0.15) is 0 Å². The van der Waals surface area contributed by atoms with Gasteiger partial charge in [-0.3, -0.25) is 24.0 Å². The number of unbranched alkanes of at least 4 members (excludes halogenated alkanes) is 6. The molecule has 0 saturated carbocycles. The van der Waals surface area contributed by atoms with Gasteiger partial charge in [-0.15, -0.1) is 11.3 Å². The normalized spacial score (nSPS) is 17.5. The molecule has 2 aromatic carbocycles. The van der Waals surface area contributed by atoms with Crippen LogP contribution in [-0.4, -0.2) is 104 Å². The monoisotopic (exact) mass is 1050 g/mol. The number of nitrogens with two attached hydrogens (primary N) is 2. The molecular formula is C52H72ClN11O6S2. The van der Waals surface area contributed by atoms with Crippen LogP contribution in [0.15, 0.2) is 64.1 Å². The summed E-state index contributed by atoms with van der Waals surface area (Å²) in [5, 5.41) is 23.0. The van der Waals surface area contributed by atoms with Crippen LogP contribution in [-0.2, 0) is 24.0 Å². The summed E-state index contributed by atoms with van der Waals surface area (Å²) in [5.74, 6) is -0.883. The Balaban J connectivity index is 0.840. The number of hydrogen-bond acceptors (Lipinski definition) is 14. The molecule has 4 heterocycles. The van der Waals surface area contributed by atoms with Crippen molar-refractivity contribution in [2.45, 2.75) is 158 Å². The number of aliphatic hydroxyl groups is 1. The lowest BCUT2D eigenvalue weighted by atomic mass is 9.85. The summed E-state index contributed by atoms with van der Waals surface area (Å²) < 4.78 is 0. The molecule has 4 aromatic rings. The van der Waals surface area contributed by atoms with Crippen LogP contribution in [0.4, 0.5) is 17.3 Å². The molecule has 20 heteroatoms. The van der Waals surface area contributed by atoms with Gasteiger partial charge < -0.3 is 47.6 Å². The van der Waals surface area contributed by atoms with Crippen LogP contribution in [0, 0.1) is 12.3 Å². The van der Waals surface area contributed by atoms with Gasteiger partial charge in [-0.1, -0.05) is 107 Å². The second-order valence-electron chi connectivity index (χ2n) is 20.5. The van der Waals surface area contributed by atoms with Gasteiger partial charge in [-0.05, 0) is 75.1 Å². The number of nitrogen functional groups attached to an aromatic ring is 1. The number of carbonyl (C=O) groups is 5. The number of carbonyl (C=O) groups excluding carboxylic acids is 5. The van der Waals surface area contributed by atoms with Gasteiger partial charge in [0.25, 0.3) is 0 Å². The molecule has 2 aromatic heterocycles. The number of benzene rings is 2. The lowest BCUT2D eigenvalue weighted by molar-refractivity contribution is -0.144. The zero-order valence-corrected chi connectivity index (χ0v) is 44.8. The Bertz CT molecular complexity index is 2510. The minimum atomic E-state index is -0.887. The maximum Gasteiger partial charge on any atom is 0.246 e. The summed E-state index contributed by atoms with van der Waals surface area (Å²) in [5.41, 5.74) is 16.8. The van der Waals surface area contributed by atoms with Crippen molar-refractivity contribution in [1.29, 1.82) is 0 Å². The van der Waals surface area contributed by atoms with Gasteiger partial charge in [0.05, 0.1) is 45.1 Å². The lowest BCUT2D eigenvalue weighted by Crippen LogP contribution is -2.57. The predicted molar refractivity (Wildman–Crippen MR) is 286 cm³/mol. The fraction of sp³-hybridized carbons (Fsp3) is 0.538. The average Bonchev–Trinajstić information content (AvgIpc) is 3.95. The summed E-state index contributed by atoms with van der Waals surface area (Å²) in [4.78, 5) is 85.0. The topological polar surface area (TPSA) is 251 Å². The Morgan fingerprint density at radius 2 is 1.62 bits per heavy atom. The van der Waals surface area contributed by atoms with Crippen molar-refractivity contribution in [2.75, 3.05) is 42.1 Å². The molecule has 72 heavy (non-hydrogen) atoms. The summed E-state index contributed by atoms with van der Waals surface area (Å²) >= 11 is 9.50. The van der Waals surface area contributed by atoms with E-state index in [9.17, 15) is 29.1 Å². The van der Waals surface area contributed by atoms with Gasteiger partial charge in [0.2, 0.25) is 29.5 Å². The van der Waals surface area contributed by atoms with Crippen LogP contribution in [0.25, 0.3) is 10.4 Å². The molecule has 2 aliphatic rings. The molecule has 390 valence electrons. The van der Waals surface area contributed by atoms with Crippen LogP contribution in [0.1, 0.15) is 129 Å².